The van der Waals surface area contributed by atoms with Crippen molar-refractivity contribution < 1.29 is 22.7 Å². The molecule has 1 amide bonds. The lowest BCUT2D eigenvalue weighted by molar-refractivity contribution is -0.175. The van der Waals surface area contributed by atoms with Crippen LogP contribution in [0.5, 0.6) is 0 Å². The number of H-pyrrole nitrogens is 1. The van der Waals surface area contributed by atoms with Crippen molar-refractivity contribution in [3.63, 3.8) is 0 Å². The van der Waals surface area contributed by atoms with E-state index in [9.17, 15) is 18.0 Å². The van der Waals surface area contributed by atoms with Gasteiger partial charge in [0.2, 0.25) is 5.91 Å². The van der Waals surface area contributed by atoms with Crippen LogP contribution in [0.25, 0.3) is 0 Å². The monoisotopic (exact) mass is 252 g/mol. The topological polar surface area (TPSA) is 79.9 Å². The van der Waals surface area contributed by atoms with Crippen molar-refractivity contribution in [3.8, 4) is 0 Å². The predicted molar refractivity (Wildman–Crippen MR) is 49.8 cm³/mol. The maximum Gasteiger partial charge on any atom is 0.411 e. The smallest absolute Gasteiger partial charge is 0.362 e. The third kappa shape index (κ3) is 5.29. The number of rotatable bonds is 5. The van der Waals surface area contributed by atoms with Gasteiger partial charge >= 0.3 is 6.18 Å². The van der Waals surface area contributed by atoms with Crippen molar-refractivity contribution >= 4 is 5.91 Å². The largest absolute Gasteiger partial charge is 0.411 e. The van der Waals surface area contributed by atoms with Crippen LogP contribution in [-0.4, -0.2) is 40.5 Å². The van der Waals surface area contributed by atoms with E-state index in [0.29, 0.717) is 5.82 Å². The molecule has 1 atom stereocenters. The highest BCUT2D eigenvalue weighted by Gasteiger charge is 2.27. The van der Waals surface area contributed by atoms with Crippen LogP contribution in [0.15, 0.2) is 6.33 Å². The molecule has 1 aromatic rings. The van der Waals surface area contributed by atoms with Crippen molar-refractivity contribution in [2.75, 3.05) is 13.2 Å². The van der Waals surface area contributed by atoms with Gasteiger partial charge in [0.15, 0.2) is 0 Å². The molecule has 2 N–H and O–H groups in total. The van der Waals surface area contributed by atoms with Crippen LogP contribution in [0.3, 0.4) is 0 Å². The number of aromatic amines is 1. The summed E-state index contributed by atoms with van der Waals surface area (Å²) >= 11 is 0. The molecule has 0 aliphatic rings. The molecular weight excluding hydrogens is 241 g/mol. The summed E-state index contributed by atoms with van der Waals surface area (Å²) in [5, 5.41) is 8.51. The molecule has 0 aliphatic heterocycles. The fraction of sp³-hybridized carbons (Fsp3) is 0.625. The zero-order valence-electron chi connectivity index (χ0n) is 8.91. The highest BCUT2D eigenvalue weighted by Crippen LogP contribution is 2.14. The van der Waals surface area contributed by atoms with Crippen LogP contribution in [0, 0.1) is 0 Å². The van der Waals surface area contributed by atoms with Gasteiger partial charge in [0.05, 0.1) is 6.04 Å². The van der Waals surface area contributed by atoms with E-state index in [-0.39, 0.29) is 0 Å². The van der Waals surface area contributed by atoms with Crippen LogP contribution in [0.1, 0.15) is 18.8 Å². The van der Waals surface area contributed by atoms with E-state index in [1.54, 1.807) is 6.92 Å². The first-order valence-electron chi connectivity index (χ1n) is 4.67. The van der Waals surface area contributed by atoms with Gasteiger partial charge in [-0.1, -0.05) is 0 Å². The zero-order valence-corrected chi connectivity index (χ0v) is 8.91. The van der Waals surface area contributed by atoms with Gasteiger partial charge in [-0.3, -0.25) is 9.89 Å². The summed E-state index contributed by atoms with van der Waals surface area (Å²) in [5.41, 5.74) is 0. The molecule has 0 saturated carbocycles. The summed E-state index contributed by atoms with van der Waals surface area (Å²) in [5.74, 6) is -0.243. The van der Waals surface area contributed by atoms with Crippen LogP contribution >= 0.6 is 0 Å². The van der Waals surface area contributed by atoms with Crippen LogP contribution in [0.4, 0.5) is 13.2 Å². The van der Waals surface area contributed by atoms with E-state index < -0.39 is 31.3 Å². The molecule has 1 unspecified atom stereocenters. The van der Waals surface area contributed by atoms with Gasteiger partial charge in [-0.05, 0) is 6.92 Å². The lowest BCUT2D eigenvalue weighted by Crippen LogP contribution is -2.32. The Labute approximate surface area is 94.6 Å². The Morgan fingerprint density at radius 3 is 2.88 bits per heavy atom. The molecule has 0 aliphatic carbocycles. The van der Waals surface area contributed by atoms with E-state index in [1.807, 2.05) is 0 Å². The van der Waals surface area contributed by atoms with Gasteiger partial charge in [0, 0.05) is 0 Å². The Morgan fingerprint density at radius 1 is 1.65 bits per heavy atom. The Hall–Kier alpha value is -1.64. The molecule has 0 radical (unpaired) electrons. The quantitative estimate of drug-likeness (QED) is 0.802. The Balaban J connectivity index is 2.26. The van der Waals surface area contributed by atoms with Gasteiger partial charge < -0.3 is 10.1 Å². The highest BCUT2D eigenvalue weighted by molar-refractivity contribution is 5.77. The maximum atomic E-state index is 11.7. The molecule has 1 rings (SSSR count). The second-order valence-electron chi connectivity index (χ2n) is 3.27. The summed E-state index contributed by atoms with van der Waals surface area (Å²) in [7, 11) is 0. The Bertz CT molecular complexity index is 352. The normalized spacial score (nSPS) is 13.4. The fourth-order valence-electron chi connectivity index (χ4n) is 1.03. The van der Waals surface area contributed by atoms with Crippen LogP contribution in [0.2, 0.25) is 0 Å². The third-order valence-corrected chi connectivity index (χ3v) is 1.72. The third-order valence-electron chi connectivity index (χ3n) is 1.72. The second-order valence-corrected chi connectivity index (χ2v) is 3.27. The number of hydrogen-bond donors (Lipinski definition) is 2. The fourth-order valence-corrected chi connectivity index (χ4v) is 1.03. The number of alkyl halides is 3. The molecule has 0 spiro atoms. The van der Waals surface area contributed by atoms with Gasteiger partial charge in [0.25, 0.3) is 0 Å². The first-order valence-corrected chi connectivity index (χ1v) is 4.67. The molecular formula is C8H11F3N4O2. The number of nitrogens with one attached hydrogen (secondary N) is 2. The summed E-state index contributed by atoms with van der Waals surface area (Å²) in [4.78, 5) is 15.0. The van der Waals surface area contributed by atoms with Crippen molar-refractivity contribution in [1.82, 2.24) is 20.5 Å². The molecule has 9 heteroatoms. The first-order chi connectivity index (χ1) is 7.88. The lowest BCUT2D eigenvalue weighted by atomic mass is 10.3. The molecule has 6 nitrogen and oxygen atoms in total. The van der Waals surface area contributed by atoms with Crippen molar-refractivity contribution in [2.45, 2.75) is 19.1 Å². The first kappa shape index (κ1) is 13.4. The Kier molecular flexibility index (Phi) is 4.44. The number of aromatic nitrogens is 3. The molecule has 0 bridgehead atoms. The molecule has 0 aromatic carbocycles. The van der Waals surface area contributed by atoms with Gasteiger partial charge in [-0.2, -0.15) is 18.3 Å². The molecule has 1 heterocycles. The molecule has 17 heavy (non-hydrogen) atoms. The molecule has 0 saturated heterocycles. The van der Waals surface area contributed by atoms with E-state index in [2.05, 4.69) is 25.2 Å². The van der Waals surface area contributed by atoms with Crippen LogP contribution in [-0.2, 0) is 9.53 Å². The van der Waals surface area contributed by atoms with E-state index in [1.165, 1.54) is 6.33 Å². The standard InChI is InChI=1S/C8H11F3N4O2/c1-5(7-12-4-13-15-7)14-6(16)2-17-3-8(9,10)11/h4-5H,2-3H2,1H3,(H,14,16)(H,12,13,15). The summed E-state index contributed by atoms with van der Waals surface area (Å²) in [6.07, 6.45) is -3.17. The summed E-state index contributed by atoms with van der Waals surface area (Å²) < 4.78 is 39.3. The number of hydrogen-bond acceptors (Lipinski definition) is 4. The number of carbonyl (C=O) groups is 1. The van der Waals surface area contributed by atoms with Gasteiger partial charge in [0.1, 0.15) is 25.4 Å². The number of nitrogens with zero attached hydrogens (tertiary/aromatic N) is 2. The van der Waals surface area contributed by atoms with Gasteiger partial charge in [-0.25, -0.2) is 4.98 Å². The predicted octanol–water partition coefficient (Wildman–Crippen LogP) is 0.561. The van der Waals surface area contributed by atoms with E-state index in [0.717, 1.165) is 0 Å². The van der Waals surface area contributed by atoms with Crippen LogP contribution < -0.4 is 5.32 Å². The van der Waals surface area contributed by atoms with E-state index >= 15 is 0 Å². The lowest BCUT2D eigenvalue weighted by Gasteiger charge is -2.11. The van der Waals surface area contributed by atoms with E-state index in [4.69, 9.17) is 0 Å². The average Bonchev–Trinajstić information content (AvgIpc) is 2.67. The maximum absolute atomic E-state index is 11.7. The van der Waals surface area contributed by atoms with Gasteiger partial charge in [-0.15, -0.1) is 0 Å². The highest BCUT2D eigenvalue weighted by atomic mass is 19.4. The second kappa shape index (κ2) is 5.62. The van der Waals surface area contributed by atoms with Crippen molar-refractivity contribution in [3.05, 3.63) is 12.2 Å². The number of carbonyl (C=O) groups excluding carboxylic acids is 1. The molecule has 0 fully saturated rings. The number of ether oxygens (including phenoxy) is 1. The zero-order chi connectivity index (χ0) is 12.9. The summed E-state index contributed by atoms with van der Waals surface area (Å²) in [6, 6.07) is -0.473. The van der Waals surface area contributed by atoms with Crippen molar-refractivity contribution in [2.24, 2.45) is 0 Å². The average molecular weight is 252 g/mol. The molecule has 1 aromatic heterocycles. The molecule has 96 valence electrons. The van der Waals surface area contributed by atoms with Crippen molar-refractivity contribution in [1.29, 1.82) is 0 Å². The Morgan fingerprint density at radius 2 is 2.35 bits per heavy atom. The number of amides is 1. The number of halogens is 3. The minimum absolute atomic E-state index is 0.411. The minimum Gasteiger partial charge on any atom is -0.362 e. The minimum atomic E-state index is -4.43. The SMILES string of the molecule is CC(NC(=O)COCC(F)(F)F)c1ncn[nH]1. The summed E-state index contributed by atoms with van der Waals surface area (Å²) in [6.45, 7) is -0.489.